The summed E-state index contributed by atoms with van der Waals surface area (Å²) in [5.74, 6) is 0.184. The lowest BCUT2D eigenvalue weighted by Gasteiger charge is -2.27. The van der Waals surface area contributed by atoms with Crippen molar-refractivity contribution < 1.29 is 14.0 Å². The van der Waals surface area contributed by atoms with Crippen LogP contribution in [0.2, 0.25) is 0 Å². The number of nitrogens with one attached hydrogen (secondary N) is 1. The fourth-order valence-electron chi connectivity index (χ4n) is 3.87. The van der Waals surface area contributed by atoms with Gasteiger partial charge in [-0.1, -0.05) is 66.7 Å². The van der Waals surface area contributed by atoms with Gasteiger partial charge in [0.15, 0.2) is 5.54 Å². The second-order valence-corrected chi connectivity index (χ2v) is 8.32. The zero-order valence-corrected chi connectivity index (χ0v) is 17.3. The first-order valence-electron chi connectivity index (χ1n) is 9.87. The van der Waals surface area contributed by atoms with Gasteiger partial charge in [0.25, 0.3) is 5.91 Å². The second-order valence-electron chi connectivity index (χ2n) is 7.38. The fraction of sp³-hybridized carbons (Fsp3) is 0.125. The van der Waals surface area contributed by atoms with E-state index < -0.39 is 11.6 Å². The lowest BCUT2D eigenvalue weighted by Crippen LogP contribution is -2.46. The van der Waals surface area contributed by atoms with E-state index in [0.717, 1.165) is 16.0 Å². The van der Waals surface area contributed by atoms with Crippen LogP contribution in [0.1, 0.15) is 16.8 Å². The highest BCUT2D eigenvalue weighted by molar-refractivity contribution is 7.13. The van der Waals surface area contributed by atoms with Gasteiger partial charge in [-0.05, 0) is 22.6 Å². The Morgan fingerprint density at radius 2 is 1.71 bits per heavy atom. The Morgan fingerprint density at radius 3 is 2.42 bits per heavy atom. The van der Waals surface area contributed by atoms with Gasteiger partial charge in [0.2, 0.25) is 5.89 Å². The molecule has 0 saturated carbocycles. The summed E-state index contributed by atoms with van der Waals surface area (Å²) in [5, 5.41) is 4.91. The monoisotopic (exact) mass is 429 g/mol. The van der Waals surface area contributed by atoms with Crippen LogP contribution in [0.25, 0.3) is 10.8 Å². The lowest BCUT2D eigenvalue weighted by atomic mass is 9.83. The molecule has 1 N–H and O–H groups in total. The summed E-state index contributed by atoms with van der Waals surface area (Å²) in [7, 11) is 0. The second kappa shape index (κ2) is 7.85. The van der Waals surface area contributed by atoms with Crippen molar-refractivity contribution in [2.75, 3.05) is 0 Å². The molecule has 154 valence electrons. The first-order chi connectivity index (χ1) is 15.2. The van der Waals surface area contributed by atoms with Crippen LogP contribution in [0, 0.1) is 0 Å². The van der Waals surface area contributed by atoms with Crippen molar-refractivity contribution in [2.24, 2.45) is 0 Å². The molecule has 2 aromatic heterocycles. The van der Waals surface area contributed by atoms with Crippen molar-refractivity contribution in [1.82, 2.24) is 15.2 Å². The molecule has 1 aliphatic heterocycles. The molecule has 6 nitrogen and oxygen atoms in total. The van der Waals surface area contributed by atoms with Crippen molar-refractivity contribution in [2.45, 2.75) is 18.5 Å². The molecule has 2 aromatic carbocycles. The zero-order valence-electron chi connectivity index (χ0n) is 16.5. The number of rotatable bonds is 6. The largest absolute Gasteiger partial charge is 0.443 e. The van der Waals surface area contributed by atoms with Gasteiger partial charge in [-0.3, -0.25) is 9.69 Å². The van der Waals surface area contributed by atoms with Gasteiger partial charge in [-0.15, -0.1) is 11.3 Å². The van der Waals surface area contributed by atoms with Gasteiger partial charge >= 0.3 is 6.03 Å². The highest BCUT2D eigenvalue weighted by Gasteiger charge is 2.52. The quantitative estimate of drug-likeness (QED) is 0.455. The predicted octanol–water partition coefficient (Wildman–Crippen LogP) is 4.59. The normalized spacial score (nSPS) is 18.4. The Balaban J connectivity index is 1.47. The Kier molecular flexibility index (Phi) is 4.88. The number of amides is 3. The molecular formula is C24H19N3O3S. The van der Waals surface area contributed by atoms with Crippen LogP contribution in [-0.4, -0.2) is 21.8 Å². The third kappa shape index (κ3) is 3.53. The molecule has 1 saturated heterocycles. The highest BCUT2D eigenvalue weighted by Crippen LogP contribution is 2.34. The molecule has 1 fully saturated rings. The maximum absolute atomic E-state index is 13.7. The summed E-state index contributed by atoms with van der Waals surface area (Å²) in [5.41, 5.74) is 1.07. The topological polar surface area (TPSA) is 75.4 Å². The van der Waals surface area contributed by atoms with Gasteiger partial charge in [-0.2, -0.15) is 0 Å². The number of urea groups is 1. The number of carbonyl (C=O) groups is 2. The first-order valence-corrected chi connectivity index (χ1v) is 10.8. The molecule has 1 atom stereocenters. The van der Waals surface area contributed by atoms with Crippen LogP contribution in [0.5, 0.6) is 0 Å². The van der Waals surface area contributed by atoms with E-state index in [1.165, 1.54) is 22.5 Å². The summed E-state index contributed by atoms with van der Waals surface area (Å²) < 4.78 is 5.55. The Labute approximate surface area is 183 Å². The third-order valence-electron chi connectivity index (χ3n) is 5.36. The Hall–Kier alpha value is -3.71. The average Bonchev–Trinajstić information content (AvgIpc) is 3.53. The smallest absolute Gasteiger partial charge is 0.325 e. The van der Waals surface area contributed by atoms with E-state index >= 15 is 0 Å². The van der Waals surface area contributed by atoms with E-state index in [1.807, 2.05) is 78.2 Å². The van der Waals surface area contributed by atoms with Crippen molar-refractivity contribution in [3.05, 3.63) is 101 Å². The molecule has 31 heavy (non-hydrogen) atoms. The van der Waals surface area contributed by atoms with E-state index in [4.69, 9.17) is 4.42 Å². The summed E-state index contributed by atoms with van der Waals surface area (Å²) in [6.07, 6.45) is 1.85. The van der Waals surface area contributed by atoms with Gasteiger partial charge < -0.3 is 9.73 Å². The molecule has 0 radical (unpaired) electrons. The van der Waals surface area contributed by atoms with E-state index in [1.54, 1.807) is 0 Å². The van der Waals surface area contributed by atoms with Crippen molar-refractivity contribution in [1.29, 1.82) is 0 Å². The van der Waals surface area contributed by atoms with Crippen LogP contribution in [-0.2, 0) is 23.3 Å². The molecule has 3 heterocycles. The maximum Gasteiger partial charge on any atom is 0.325 e. The maximum atomic E-state index is 13.7. The number of hydrogen-bond acceptors (Lipinski definition) is 5. The molecule has 4 aromatic rings. The van der Waals surface area contributed by atoms with Gasteiger partial charge in [-0.25, -0.2) is 9.78 Å². The molecule has 5 rings (SSSR count). The number of benzene rings is 2. The number of aromatic nitrogens is 1. The van der Waals surface area contributed by atoms with E-state index in [2.05, 4.69) is 10.3 Å². The fourth-order valence-corrected chi connectivity index (χ4v) is 4.52. The lowest BCUT2D eigenvalue weighted by molar-refractivity contribution is -0.132. The molecular weight excluding hydrogens is 410 g/mol. The van der Waals surface area contributed by atoms with E-state index in [0.29, 0.717) is 18.0 Å². The molecule has 0 unspecified atom stereocenters. The van der Waals surface area contributed by atoms with E-state index in [-0.39, 0.29) is 12.5 Å². The van der Waals surface area contributed by atoms with Crippen LogP contribution in [0.4, 0.5) is 4.79 Å². The number of oxazole rings is 1. The Bertz CT molecular complexity index is 1210. The molecule has 1 aliphatic rings. The van der Waals surface area contributed by atoms with Gasteiger partial charge in [0.1, 0.15) is 6.26 Å². The number of nitrogens with zero attached hydrogens (tertiary/aromatic N) is 2. The average molecular weight is 430 g/mol. The zero-order chi connectivity index (χ0) is 21.3. The number of thiophene rings is 1. The summed E-state index contributed by atoms with van der Waals surface area (Å²) in [4.78, 5) is 33.2. The molecule has 3 amide bonds. The van der Waals surface area contributed by atoms with E-state index in [9.17, 15) is 9.59 Å². The van der Waals surface area contributed by atoms with Crippen molar-refractivity contribution >= 4 is 23.3 Å². The highest BCUT2D eigenvalue weighted by atomic mass is 32.1. The van der Waals surface area contributed by atoms with Crippen LogP contribution in [0.15, 0.2) is 88.9 Å². The molecule has 7 heteroatoms. The van der Waals surface area contributed by atoms with Crippen LogP contribution >= 0.6 is 11.3 Å². The standard InChI is InChI=1S/C24H19N3O3S/c28-22-24(18-10-5-2-6-11-18,14-17-8-3-1-4-9-17)26-23(29)27(22)15-19-16-30-21(25-19)20-12-7-13-31-20/h1-13,16H,14-15H2,(H,26,29)/t24-/m0/s1. The van der Waals surface area contributed by atoms with Crippen LogP contribution in [0.3, 0.4) is 0 Å². The minimum absolute atomic E-state index is 0.0446. The summed E-state index contributed by atoms with van der Waals surface area (Å²) >= 11 is 1.52. The Morgan fingerprint density at radius 1 is 0.968 bits per heavy atom. The number of hydrogen-bond donors (Lipinski definition) is 1. The number of carbonyl (C=O) groups excluding carboxylic acids is 2. The SMILES string of the molecule is O=C1N[C@@](Cc2ccccc2)(c2ccccc2)C(=O)N1Cc1coc(-c2cccs2)n1. The molecule has 0 bridgehead atoms. The first kappa shape index (κ1) is 19.3. The van der Waals surface area contributed by atoms with Crippen LogP contribution < -0.4 is 5.32 Å². The summed E-state index contributed by atoms with van der Waals surface area (Å²) in [6.45, 7) is 0.0446. The van der Waals surface area contributed by atoms with Crippen molar-refractivity contribution in [3.63, 3.8) is 0 Å². The minimum Gasteiger partial charge on any atom is -0.443 e. The summed E-state index contributed by atoms with van der Waals surface area (Å²) in [6, 6.07) is 22.4. The minimum atomic E-state index is -1.17. The molecule has 0 aliphatic carbocycles. The van der Waals surface area contributed by atoms with Gasteiger partial charge in [0.05, 0.1) is 17.1 Å². The van der Waals surface area contributed by atoms with Gasteiger partial charge in [0, 0.05) is 6.42 Å². The molecule has 0 spiro atoms. The predicted molar refractivity (Wildman–Crippen MR) is 117 cm³/mol. The van der Waals surface area contributed by atoms with Crippen molar-refractivity contribution in [3.8, 4) is 10.8 Å². The number of imide groups is 1. The third-order valence-corrected chi connectivity index (χ3v) is 6.22.